The molecule has 0 aliphatic rings. The van der Waals surface area contributed by atoms with Gasteiger partial charge in [-0.1, -0.05) is 0 Å². The number of nitrogens with zero attached hydrogens (tertiary/aromatic N) is 5. The van der Waals surface area contributed by atoms with E-state index in [1.807, 2.05) is 43.3 Å². The van der Waals surface area contributed by atoms with E-state index in [1.165, 1.54) is 0 Å². The number of fused-ring (bicyclic) bond motifs is 3. The summed E-state index contributed by atoms with van der Waals surface area (Å²) in [5, 5.41) is 0. The SMILES string of the molecule is COc1ccc(-c2nc(N(C)C)nc3c2sc2nccnc23)cc1. The molecule has 0 spiro atoms. The van der Waals surface area contributed by atoms with Crippen molar-refractivity contribution in [1.82, 2.24) is 19.9 Å². The van der Waals surface area contributed by atoms with Crippen LogP contribution in [0.3, 0.4) is 0 Å². The summed E-state index contributed by atoms with van der Waals surface area (Å²) in [6, 6.07) is 7.88. The number of benzene rings is 1. The van der Waals surface area contributed by atoms with Gasteiger partial charge in [0, 0.05) is 32.1 Å². The van der Waals surface area contributed by atoms with E-state index in [1.54, 1.807) is 30.8 Å². The average Bonchev–Trinajstić information content (AvgIpc) is 2.99. The first-order chi connectivity index (χ1) is 11.7. The van der Waals surface area contributed by atoms with Crippen LogP contribution < -0.4 is 9.64 Å². The van der Waals surface area contributed by atoms with Crippen LogP contribution in [0.1, 0.15) is 0 Å². The lowest BCUT2D eigenvalue weighted by Gasteiger charge is -2.12. The molecule has 4 aromatic rings. The van der Waals surface area contributed by atoms with Crippen LogP contribution in [0.15, 0.2) is 36.7 Å². The third kappa shape index (κ3) is 2.33. The van der Waals surface area contributed by atoms with Gasteiger partial charge in [-0.15, -0.1) is 11.3 Å². The minimum atomic E-state index is 0.652. The van der Waals surface area contributed by atoms with Crippen LogP contribution in [0.4, 0.5) is 5.95 Å². The first-order valence-electron chi connectivity index (χ1n) is 7.40. The summed E-state index contributed by atoms with van der Waals surface area (Å²) in [6.45, 7) is 0. The average molecular weight is 337 g/mol. The molecule has 0 N–H and O–H groups in total. The Hall–Kier alpha value is -2.80. The molecule has 24 heavy (non-hydrogen) atoms. The van der Waals surface area contributed by atoms with Gasteiger partial charge in [-0.2, -0.15) is 0 Å². The van der Waals surface area contributed by atoms with Gasteiger partial charge in [0.15, 0.2) is 0 Å². The van der Waals surface area contributed by atoms with Crippen molar-refractivity contribution in [3.8, 4) is 17.0 Å². The third-order valence-electron chi connectivity index (χ3n) is 3.70. The predicted molar refractivity (Wildman–Crippen MR) is 96.8 cm³/mol. The maximum absolute atomic E-state index is 5.24. The Bertz CT molecular complexity index is 1030. The molecule has 3 aromatic heterocycles. The largest absolute Gasteiger partial charge is 0.497 e. The number of ether oxygens (including phenoxy) is 1. The van der Waals surface area contributed by atoms with E-state index in [0.717, 1.165) is 37.6 Å². The van der Waals surface area contributed by atoms with E-state index >= 15 is 0 Å². The monoisotopic (exact) mass is 337 g/mol. The highest BCUT2D eigenvalue weighted by molar-refractivity contribution is 7.25. The quantitative estimate of drug-likeness (QED) is 0.571. The molecule has 0 saturated carbocycles. The van der Waals surface area contributed by atoms with Crippen molar-refractivity contribution in [3.63, 3.8) is 0 Å². The molecule has 0 aliphatic heterocycles. The number of aromatic nitrogens is 4. The van der Waals surface area contributed by atoms with Gasteiger partial charge in [0.1, 0.15) is 21.6 Å². The molecule has 0 fully saturated rings. The highest BCUT2D eigenvalue weighted by Gasteiger charge is 2.17. The van der Waals surface area contributed by atoms with E-state index < -0.39 is 0 Å². The summed E-state index contributed by atoms with van der Waals surface area (Å²) in [4.78, 5) is 21.1. The lowest BCUT2D eigenvalue weighted by atomic mass is 10.1. The zero-order valence-electron chi connectivity index (χ0n) is 13.5. The van der Waals surface area contributed by atoms with Crippen molar-refractivity contribution >= 4 is 37.8 Å². The molecule has 0 amide bonds. The zero-order chi connectivity index (χ0) is 16.7. The number of anilines is 1. The Balaban J connectivity index is 2.04. The molecule has 7 heteroatoms. The number of thiophene rings is 1. The zero-order valence-corrected chi connectivity index (χ0v) is 14.3. The van der Waals surface area contributed by atoms with Crippen LogP contribution in [-0.4, -0.2) is 41.1 Å². The van der Waals surface area contributed by atoms with Gasteiger partial charge in [0.2, 0.25) is 5.95 Å². The molecule has 0 radical (unpaired) electrons. The maximum atomic E-state index is 5.24. The Morgan fingerprint density at radius 2 is 1.71 bits per heavy atom. The molecular weight excluding hydrogens is 322 g/mol. The van der Waals surface area contributed by atoms with Crippen molar-refractivity contribution < 1.29 is 4.74 Å². The summed E-state index contributed by atoms with van der Waals surface area (Å²) in [7, 11) is 5.52. The Morgan fingerprint density at radius 3 is 2.42 bits per heavy atom. The molecule has 0 bridgehead atoms. The Labute approximate surface area is 142 Å². The first kappa shape index (κ1) is 14.8. The maximum Gasteiger partial charge on any atom is 0.226 e. The van der Waals surface area contributed by atoms with Crippen LogP contribution in [0.5, 0.6) is 5.75 Å². The highest BCUT2D eigenvalue weighted by atomic mass is 32.1. The van der Waals surface area contributed by atoms with Gasteiger partial charge in [-0.3, -0.25) is 0 Å². The molecule has 1 aromatic carbocycles. The van der Waals surface area contributed by atoms with E-state index in [0.29, 0.717) is 5.95 Å². The van der Waals surface area contributed by atoms with Crippen molar-refractivity contribution in [2.24, 2.45) is 0 Å². The summed E-state index contributed by atoms with van der Waals surface area (Å²) in [5.74, 6) is 1.47. The van der Waals surface area contributed by atoms with Crippen molar-refractivity contribution in [2.45, 2.75) is 0 Å². The Kier molecular flexibility index (Phi) is 3.50. The van der Waals surface area contributed by atoms with Crippen LogP contribution in [0.2, 0.25) is 0 Å². The fraction of sp³-hybridized carbons (Fsp3) is 0.176. The van der Waals surface area contributed by atoms with E-state index in [4.69, 9.17) is 9.72 Å². The van der Waals surface area contributed by atoms with Gasteiger partial charge < -0.3 is 9.64 Å². The minimum absolute atomic E-state index is 0.652. The fourth-order valence-electron chi connectivity index (χ4n) is 2.50. The van der Waals surface area contributed by atoms with Crippen LogP contribution in [0.25, 0.3) is 31.8 Å². The van der Waals surface area contributed by atoms with E-state index in [9.17, 15) is 0 Å². The summed E-state index contributed by atoms with van der Waals surface area (Å²) in [5.41, 5.74) is 3.55. The highest BCUT2D eigenvalue weighted by Crippen LogP contribution is 2.37. The second kappa shape index (κ2) is 5.68. The van der Waals surface area contributed by atoms with E-state index in [-0.39, 0.29) is 0 Å². The molecule has 0 atom stereocenters. The summed E-state index contributed by atoms with van der Waals surface area (Å²) in [6.07, 6.45) is 3.39. The number of hydrogen-bond donors (Lipinski definition) is 0. The third-order valence-corrected chi connectivity index (χ3v) is 4.79. The second-order valence-corrected chi connectivity index (χ2v) is 6.48. The van der Waals surface area contributed by atoms with Crippen LogP contribution in [-0.2, 0) is 0 Å². The summed E-state index contributed by atoms with van der Waals surface area (Å²) < 4.78 is 6.24. The van der Waals surface area contributed by atoms with E-state index in [2.05, 4.69) is 15.0 Å². The Morgan fingerprint density at radius 1 is 0.958 bits per heavy atom. The molecular formula is C17H15N5OS. The molecule has 0 saturated heterocycles. The van der Waals surface area contributed by atoms with Crippen LogP contribution >= 0.6 is 11.3 Å². The topological polar surface area (TPSA) is 64.0 Å². The van der Waals surface area contributed by atoms with Gasteiger partial charge in [0.05, 0.1) is 17.5 Å². The normalized spacial score (nSPS) is 11.1. The molecule has 4 rings (SSSR count). The van der Waals surface area contributed by atoms with Gasteiger partial charge in [0.25, 0.3) is 0 Å². The molecule has 0 aliphatic carbocycles. The second-order valence-electron chi connectivity index (χ2n) is 5.49. The molecule has 6 nitrogen and oxygen atoms in total. The number of methoxy groups -OCH3 is 1. The molecule has 120 valence electrons. The van der Waals surface area contributed by atoms with Crippen LogP contribution in [0, 0.1) is 0 Å². The molecule has 3 heterocycles. The van der Waals surface area contributed by atoms with Crippen molar-refractivity contribution in [3.05, 3.63) is 36.7 Å². The van der Waals surface area contributed by atoms with Crippen molar-refractivity contribution in [1.29, 1.82) is 0 Å². The lowest BCUT2D eigenvalue weighted by molar-refractivity contribution is 0.415. The predicted octanol–water partition coefficient (Wildman–Crippen LogP) is 3.38. The standard InChI is InChI=1S/C17H15N5OS/c1-22(2)17-20-12(10-4-6-11(23-3)7-5-10)15-13(21-17)14-16(24-15)19-9-8-18-14/h4-9H,1-3H3. The number of rotatable bonds is 3. The lowest BCUT2D eigenvalue weighted by Crippen LogP contribution is -2.13. The summed E-state index contributed by atoms with van der Waals surface area (Å²) >= 11 is 1.57. The number of hydrogen-bond acceptors (Lipinski definition) is 7. The fourth-order valence-corrected chi connectivity index (χ4v) is 3.55. The molecule has 0 unspecified atom stereocenters. The van der Waals surface area contributed by atoms with Gasteiger partial charge in [-0.05, 0) is 24.3 Å². The van der Waals surface area contributed by atoms with Crippen molar-refractivity contribution in [2.75, 3.05) is 26.1 Å². The minimum Gasteiger partial charge on any atom is -0.497 e. The first-order valence-corrected chi connectivity index (χ1v) is 8.22. The van der Waals surface area contributed by atoms with Gasteiger partial charge in [-0.25, -0.2) is 19.9 Å². The smallest absolute Gasteiger partial charge is 0.226 e. The van der Waals surface area contributed by atoms with Gasteiger partial charge >= 0.3 is 0 Å².